The van der Waals surface area contributed by atoms with E-state index in [1.165, 1.54) is 17.5 Å². The van der Waals surface area contributed by atoms with Crippen LogP contribution in [0.3, 0.4) is 0 Å². The Hall–Kier alpha value is -2.71. The standard InChI is InChI=1S/C20H21N3O3S2/c1-23(2)17-9-7-15(8-10-17)18(28(25,26)19-6-4-12-27-19)14-22-20(24)16-5-3-11-21-13-16/h3-13,18H,14H2,1-2H3,(H,22,24)/t18-/m0/s1. The molecule has 8 heteroatoms. The molecule has 28 heavy (non-hydrogen) atoms. The van der Waals surface area contributed by atoms with E-state index in [4.69, 9.17) is 0 Å². The van der Waals surface area contributed by atoms with Crippen LogP contribution >= 0.6 is 11.3 Å². The second-order valence-corrected chi connectivity index (χ2v) is 9.71. The van der Waals surface area contributed by atoms with E-state index >= 15 is 0 Å². The fraction of sp³-hybridized carbons (Fsp3) is 0.200. The number of sulfone groups is 1. The second-order valence-electron chi connectivity index (χ2n) is 6.40. The van der Waals surface area contributed by atoms with Crippen LogP contribution in [0.4, 0.5) is 5.69 Å². The van der Waals surface area contributed by atoms with E-state index < -0.39 is 15.1 Å². The molecule has 0 fully saturated rings. The van der Waals surface area contributed by atoms with Gasteiger partial charge < -0.3 is 10.2 Å². The van der Waals surface area contributed by atoms with Crippen LogP contribution in [0.25, 0.3) is 0 Å². The topological polar surface area (TPSA) is 79.4 Å². The van der Waals surface area contributed by atoms with Crippen molar-refractivity contribution in [2.24, 2.45) is 0 Å². The minimum absolute atomic E-state index is 0.0325. The lowest BCUT2D eigenvalue weighted by atomic mass is 10.1. The van der Waals surface area contributed by atoms with E-state index in [0.717, 1.165) is 5.69 Å². The Kier molecular flexibility index (Phi) is 6.11. The third kappa shape index (κ3) is 4.40. The van der Waals surface area contributed by atoms with Crippen molar-refractivity contribution in [1.29, 1.82) is 0 Å². The molecular weight excluding hydrogens is 394 g/mol. The fourth-order valence-corrected chi connectivity index (χ4v) is 5.61. The first kappa shape index (κ1) is 20.0. The van der Waals surface area contributed by atoms with E-state index in [1.807, 2.05) is 31.1 Å². The lowest BCUT2D eigenvalue weighted by Crippen LogP contribution is -2.31. The molecule has 1 aromatic carbocycles. The van der Waals surface area contributed by atoms with Crippen LogP contribution in [0.2, 0.25) is 0 Å². The van der Waals surface area contributed by atoms with Crippen LogP contribution in [0, 0.1) is 0 Å². The Morgan fingerprint density at radius 3 is 2.46 bits per heavy atom. The number of aromatic nitrogens is 1. The highest BCUT2D eigenvalue weighted by molar-refractivity contribution is 7.93. The van der Waals surface area contributed by atoms with Gasteiger partial charge in [-0.15, -0.1) is 11.3 Å². The molecule has 3 rings (SSSR count). The molecule has 0 aliphatic heterocycles. The van der Waals surface area contributed by atoms with Crippen LogP contribution < -0.4 is 10.2 Å². The van der Waals surface area contributed by atoms with Gasteiger partial charge >= 0.3 is 0 Å². The number of hydrogen-bond donors (Lipinski definition) is 1. The summed E-state index contributed by atoms with van der Waals surface area (Å²) in [5.74, 6) is -0.357. The Labute approximate surface area is 168 Å². The number of hydrogen-bond acceptors (Lipinski definition) is 6. The zero-order valence-electron chi connectivity index (χ0n) is 15.6. The average Bonchev–Trinajstić information content (AvgIpc) is 3.24. The molecule has 0 aliphatic rings. The van der Waals surface area contributed by atoms with E-state index in [-0.39, 0.29) is 16.7 Å². The number of benzene rings is 1. The Morgan fingerprint density at radius 1 is 1.14 bits per heavy atom. The van der Waals surface area contributed by atoms with Gasteiger partial charge in [-0.2, -0.15) is 0 Å². The number of nitrogens with one attached hydrogen (secondary N) is 1. The number of carbonyl (C=O) groups is 1. The number of pyridine rings is 1. The van der Waals surface area contributed by atoms with E-state index in [1.54, 1.807) is 48.0 Å². The molecule has 1 atom stereocenters. The van der Waals surface area contributed by atoms with Crippen molar-refractivity contribution < 1.29 is 13.2 Å². The molecule has 1 amide bonds. The summed E-state index contributed by atoms with van der Waals surface area (Å²) in [6.45, 7) is -0.0325. The molecule has 2 aromatic heterocycles. The maximum atomic E-state index is 13.2. The number of amides is 1. The molecule has 0 unspecified atom stereocenters. The first-order valence-electron chi connectivity index (χ1n) is 8.62. The maximum Gasteiger partial charge on any atom is 0.252 e. The van der Waals surface area contributed by atoms with Crippen LogP contribution in [0.5, 0.6) is 0 Å². The number of thiophene rings is 1. The van der Waals surface area contributed by atoms with E-state index in [9.17, 15) is 13.2 Å². The summed E-state index contributed by atoms with van der Waals surface area (Å²) < 4.78 is 26.7. The van der Waals surface area contributed by atoms with Gasteiger partial charge in [0.15, 0.2) is 9.84 Å². The van der Waals surface area contributed by atoms with Crippen molar-refractivity contribution in [3.05, 3.63) is 77.4 Å². The number of rotatable bonds is 7. The number of carbonyl (C=O) groups excluding carboxylic acids is 1. The fourth-order valence-electron chi connectivity index (χ4n) is 2.74. The van der Waals surface area contributed by atoms with Gasteiger partial charge in [-0.1, -0.05) is 18.2 Å². The van der Waals surface area contributed by atoms with Gasteiger partial charge in [0.1, 0.15) is 9.46 Å². The van der Waals surface area contributed by atoms with Gasteiger partial charge in [-0.25, -0.2) is 8.42 Å². The smallest absolute Gasteiger partial charge is 0.252 e. The van der Waals surface area contributed by atoms with E-state index in [2.05, 4.69) is 10.3 Å². The molecular formula is C20H21N3O3S2. The highest BCUT2D eigenvalue weighted by Gasteiger charge is 2.30. The molecule has 0 aliphatic carbocycles. The summed E-state index contributed by atoms with van der Waals surface area (Å²) in [7, 11) is 0.192. The van der Waals surface area contributed by atoms with Crippen LogP contribution in [-0.4, -0.2) is 39.9 Å². The molecule has 2 heterocycles. The average molecular weight is 416 g/mol. The predicted molar refractivity (Wildman–Crippen MR) is 112 cm³/mol. The van der Waals surface area contributed by atoms with Crippen molar-refractivity contribution in [1.82, 2.24) is 10.3 Å². The number of anilines is 1. The molecule has 0 radical (unpaired) electrons. The highest BCUT2D eigenvalue weighted by atomic mass is 32.2. The van der Waals surface area contributed by atoms with Crippen molar-refractivity contribution in [2.45, 2.75) is 9.46 Å². The largest absolute Gasteiger partial charge is 0.378 e. The monoisotopic (exact) mass is 415 g/mol. The maximum absolute atomic E-state index is 13.2. The summed E-state index contributed by atoms with van der Waals surface area (Å²) in [5, 5.41) is 3.58. The van der Waals surface area contributed by atoms with Gasteiger partial charge in [-0.05, 0) is 41.3 Å². The quantitative estimate of drug-likeness (QED) is 0.641. The van der Waals surface area contributed by atoms with Gasteiger partial charge in [0, 0.05) is 38.7 Å². The molecule has 1 N–H and O–H groups in total. The predicted octanol–water partition coefficient (Wildman–Crippen LogP) is 3.15. The Bertz CT molecular complexity index is 1020. The molecule has 0 saturated heterocycles. The van der Waals surface area contributed by atoms with Gasteiger partial charge in [0.05, 0.1) is 5.56 Å². The van der Waals surface area contributed by atoms with Gasteiger partial charge in [-0.3, -0.25) is 9.78 Å². The summed E-state index contributed by atoms with van der Waals surface area (Å²) in [4.78, 5) is 18.3. The molecule has 6 nitrogen and oxygen atoms in total. The lowest BCUT2D eigenvalue weighted by molar-refractivity contribution is 0.0953. The van der Waals surface area contributed by atoms with Crippen LogP contribution in [-0.2, 0) is 9.84 Å². The molecule has 146 valence electrons. The van der Waals surface area contributed by atoms with E-state index in [0.29, 0.717) is 11.1 Å². The minimum atomic E-state index is -3.65. The molecule has 0 spiro atoms. The van der Waals surface area contributed by atoms with Crippen molar-refractivity contribution in [3.63, 3.8) is 0 Å². The summed E-state index contributed by atoms with van der Waals surface area (Å²) in [6, 6.07) is 13.9. The van der Waals surface area contributed by atoms with Crippen molar-refractivity contribution >= 4 is 32.8 Å². The molecule has 0 bridgehead atoms. The van der Waals surface area contributed by atoms with Gasteiger partial charge in [0.25, 0.3) is 5.91 Å². The zero-order valence-corrected chi connectivity index (χ0v) is 17.2. The Balaban J connectivity index is 1.89. The zero-order chi connectivity index (χ0) is 20.1. The van der Waals surface area contributed by atoms with Crippen LogP contribution in [0.1, 0.15) is 21.2 Å². The summed E-state index contributed by atoms with van der Waals surface area (Å²) in [6.07, 6.45) is 3.02. The normalized spacial score (nSPS) is 12.4. The number of nitrogens with zero attached hydrogens (tertiary/aromatic N) is 2. The van der Waals surface area contributed by atoms with Gasteiger partial charge in [0.2, 0.25) is 0 Å². The SMILES string of the molecule is CN(C)c1ccc([C@H](CNC(=O)c2cccnc2)S(=O)(=O)c2cccs2)cc1. The summed E-state index contributed by atoms with van der Waals surface area (Å²) in [5.41, 5.74) is 1.98. The first-order chi connectivity index (χ1) is 13.4. The third-order valence-electron chi connectivity index (χ3n) is 4.30. The second kappa shape index (κ2) is 8.53. The lowest BCUT2D eigenvalue weighted by Gasteiger charge is -2.19. The van der Waals surface area contributed by atoms with Crippen LogP contribution in [0.15, 0.2) is 70.5 Å². The summed E-state index contributed by atoms with van der Waals surface area (Å²) >= 11 is 1.17. The Morgan fingerprint density at radius 2 is 1.89 bits per heavy atom. The van der Waals surface area contributed by atoms with Crippen molar-refractivity contribution in [3.8, 4) is 0 Å². The third-order valence-corrected chi connectivity index (χ3v) is 7.84. The van der Waals surface area contributed by atoms with Crippen molar-refractivity contribution in [2.75, 3.05) is 25.5 Å². The highest BCUT2D eigenvalue weighted by Crippen LogP contribution is 2.32. The minimum Gasteiger partial charge on any atom is -0.378 e. The molecule has 3 aromatic rings. The first-order valence-corrected chi connectivity index (χ1v) is 11.0. The molecule has 0 saturated carbocycles.